The van der Waals surface area contributed by atoms with Gasteiger partial charge in [-0.25, -0.2) is 0 Å². The maximum atomic E-state index is 5.65. The first kappa shape index (κ1) is 15.2. The fraction of sp³-hybridized carbons (Fsp3) is 0.647. The molecular formula is C17H29N. The highest BCUT2D eigenvalue weighted by molar-refractivity contribution is 5.23. The third kappa shape index (κ3) is 6.80. The Morgan fingerprint density at radius 3 is 2.11 bits per heavy atom. The van der Waals surface area contributed by atoms with Gasteiger partial charge in [0.2, 0.25) is 0 Å². The summed E-state index contributed by atoms with van der Waals surface area (Å²) in [6, 6.07) is 8.71. The van der Waals surface area contributed by atoms with Gasteiger partial charge in [0.05, 0.1) is 0 Å². The minimum absolute atomic E-state index is 0.658. The summed E-state index contributed by atoms with van der Waals surface area (Å²) in [7, 11) is 0. The van der Waals surface area contributed by atoms with E-state index < -0.39 is 0 Å². The Kier molecular flexibility index (Phi) is 8.58. The van der Waals surface area contributed by atoms with Crippen LogP contribution in [0.5, 0.6) is 0 Å². The van der Waals surface area contributed by atoms with Gasteiger partial charge in [0.1, 0.15) is 0 Å². The molecule has 0 amide bonds. The number of rotatable bonds is 10. The molecule has 1 aromatic rings. The van der Waals surface area contributed by atoms with Gasteiger partial charge in [0.25, 0.3) is 0 Å². The van der Waals surface area contributed by atoms with Crippen LogP contribution in [0.2, 0.25) is 0 Å². The van der Waals surface area contributed by atoms with Crippen LogP contribution < -0.4 is 5.73 Å². The second-order valence-electron chi connectivity index (χ2n) is 5.25. The molecule has 0 aromatic heterocycles. The predicted molar refractivity (Wildman–Crippen MR) is 80.6 cm³/mol. The quantitative estimate of drug-likeness (QED) is 0.589. The van der Waals surface area contributed by atoms with Gasteiger partial charge >= 0.3 is 0 Å². The molecule has 0 atom stereocenters. The lowest BCUT2D eigenvalue weighted by molar-refractivity contribution is 0.575. The van der Waals surface area contributed by atoms with Gasteiger partial charge in [-0.3, -0.25) is 0 Å². The molecule has 0 fully saturated rings. The molecule has 0 bridgehead atoms. The highest BCUT2D eigenvalue weighted by Gasteiger charge is 1.96. The van der Waals surface area contributed by atoms with Crippen LogP contribution in [-0.2, 0) is 13.0 Å². The predicted octanol–water partition coefficient (Wildman–Crippen LogP) is 4.83. The number of nitrogens with two attached hydrogens (primary N) is 1. The van der Waals surface area contributed by atoms with Crippen LogP contribution in [0.1, 0.15) is 69.4 Å². The minimum Gasteiger partial charge on any atom is -0.326 e. The number of benzene rings is 1. The molecule has 0 aliphatic carbocycles. The molecule has 0 unspecified atom stereocenters. The maximum absolute atomic E-state index is 5.65. The van der Waals surface area contributed by atoms with Crippen molar-refractivity contribution in [2.75, 3.05) is 0 Å². The minimum atomic E-state index is 0.658. The van der Waals surface area contributed by atoms with E-state index in [2.05, 4.69) is 31.2 Å². The van der Waals surface area contributed by atoms with E-state index in [1.807, 2.05) is 0 Å². The van der Waals surface area contributed by atoms with E-state index in [9.17, 15) is 0 Å². The standard InChI is InChI=1S/C17H29N/c1-2-3-4-5-6-7-8-9-11-16-12-10-13-17(14-16)15-18/h10,12-14H,2-9,11,15,18H2,1H3. The molecule has 0 aliphatic rings. The van der Waals surface area contributed by atoms with Crippen molar-refractivity contribution in [3.63, 3.8) is 0 Å². The van der Waals surface area contributed by atoms with Crippen molar-refractivity contribution in [1.29, 1.82) is 0 Å². The first-order valence-electron chi connectivity index (χ1n) is 7.64. The first-order valence-corrected chi connectivity index (χ1v) is 7.64. The van der Waals surface area contributed by atoms with Crippen LogP contribution in [0.3, 0.4) is 0 Å². The second kappa shape index (κ2) is 10.1. The third-order valence-corrected chi connectivity index (χ3v) is 3.55. The van der Waals surface area contributed by atoms with Crippen LogP contribution in [-0.4, -0.2) is 0 Å². The highest BCUT2D eigenvalue weighted by Crippen LogP contribution is 2.12. The summed E-state index contributed by atoms with van der Waals surface area (Å²) < 4.78 is 0. The molecule has 1 nitrogen and oxygen atoms in total. The Morgan fingerprint density at radius 2 is 1.44 bits per heavy atom. The molecule has 0 spiro atoms. The van der Waals surface area contributed by atoms with E-state index in [-0.39, 0.29) is 0 Å². The number of hydrogen-bond donors (Lipinski definition) is 1. The lowest BCUT2D eigenvalue weighted by atomic mass is 10.0. The summed E-state index contributed by atoms with van der Waals surface area (Å²) in [5.74, 6) is 0. The molecule has 1 aromatic carbocycles. The van der Waals surface area contributed by atoms with Crippen molar-refractivity contribution in [3.8, 4) is 0 Å². The van der Waals surface area contributed by atoms with Crippen molar-refractivity contribution in [2.24, 2.45) is 5.73 Å². The summed E-state index contributed by atoms with van der Waals surface area (Å²) in [4.78, 5) is 0. The molecule has 0 radical (unpaired) electrons. The molecule has 18 heavy (non-hydrogen) atoms. The Labute approximate surface area is 113 Å². The van der Waals surface area contributed by atoms with E-state index >= 15 is 0 Å². The van der Waals surface area contributed by atoms with Crippen LogP contribution in [0.15, 0.2) is 24.3 Å². The third-order valence-electron chi connectivity index (χ3n) is 3.55. The smallest absolute Gasteiger partial charge is 0.0178 e. The second-order valence-corrected chi connectivity index (χ2v) is 5.25. The topological polar surface area (TPSA) is 26.0 Å². The zero-order valence-corrected chi connectivity index (χ0v) is 12.0. The maximum Gasteiger partial charge on any atom is 0.0178 e. The van der Waals surface area contributed by atoms with E-state index in [0.717, 1.165) is 0 Å². The number of aryl methyl sites for hydroxylation is 1. The summed E-state index contributed by atoms with van der Waals surface area (Å²) in [5, 5.41) is 0. The van der Waals surface area contributed by atoms with Crippen molar-refractivity contribution in [2.45, 2.75) is 71.3 Å². The summed E-state index contributed by atoms with van der Waals surface area (Å²) in [6.45, 7) is 2.93. The Hall–Kier alpha value is -0.820. The lowest BCUT2D eigenvalue weighted by Crippen LogP contribution is -1.97. The van der Waals surface area contributed by atoms with Gasteiger partial charge in [-0.15, -0.1) is 0 Å². The monoisotopic (exact) mass is 247 g/mol. The van der Waals surface area contributed by atoms with Crippen molar-refractivity contribution in [1.82, 2.24) is 0 Å². The average molecular weight is 247 g/mol. The van der Waals surface area contributed by atoms with Gasteiger partial charge in [-0.2, -0.15) is 0 Å². The Morgan fingerprint density at radius 1 is 0.833 bits per heavy atom. The molecule has 1 rings (SSSR count). The number of unbranched alkanes of at least 4 members (excludes halogenated alkanes) is 7. The van der Waals surface area contributed by atoms with Crippen molar-refractivity contribution in [3.05, 3.63) is 35.4 Å². The molecule has 0 saturated heterocycles. The van der Waals surface area contributed by atoms with Gasteiger partial charge in [0.15, 0.2) is 0 Å². The summed E-state index contributed by atoms with van der Waals surface area (Å²) in [5.41, 5.74) is 8.36. The molecule has 0 aliphatic heterocycles. The summed E-state index contributed by atoms with van der Waals surface area (Å²) >= 11 is 0. The van der Waals surface area contributed by atoms with Gasteiger partial charge in [0, 0.05) is 6.54 Å². The fourth-order valence-corrected chi connectivity index (χ4v) is 2.38. The largest absolute Gasteiger partial charge is 0.326 e. The van der Waals surface area contributed by atoms with E-state index in [1.54, 1.807) is 0 Å². The normalized spacial score (nSPS) is 10.8. The molecule has 2 N–H and O–H groups in total. The van der Waals surface area contributed by atoms with E-state index in [1.165, 1.54) is 68.9 Å². The molecule has 1 heteroatoms. The van der Waals surface area contributed by atoms with Crippen LogP contribution >= 0.6 is 0 Å². The van der Waals surface area contributed by atoms with Crippen molar-refractivity contribution < 1.29 is 0 Å². The average Bonchev–Trinajstić information content (AvgIpc) is 2.42. The molecule has 0 heterocycles. The van der Waals surface area contributed by atoms with Crippen LogP contribution in [0, 0.1) is 0 Å². The zero-order valence-electron chi connectivity index (χ0n) is 12.0. The van der Waals surface area contributed by atoms with E-state index in [4.69, 9.17) is 5.73 Å². The highest BCUT2D eigenvalue weighted by atomic mass is 14.5. The first-order chi connectivity index (χ1) is 8.86. The summed E-state index contributed by atoms with van der Waals surface area (Å²) in [6.07, 6.45) is 12.3. The number of hydrogen-bond acceptors (Lipinski definition) is 1. The van der Waals surface area contributed by atoms with Crippen LogP contribution in [0.25, 0.3) is 0 Å². The van der Waals surface area contributed by atoms with Gasteiger partial charge in [-0.1, -0.05) is 76.1 Å². The SMILES string of the molecule is CCCCCCCCCCc1cccc(CN)c1. The van der Waals surface area contributed by atoms with Crippen molar-refractivity contribution >= 4 is 0 Å². The molecule has 102 valence electrons. The zero-order chi connectivity index (χ0) is 13.1. The van der Waals surface area contributed by atoms with Gasteiger partial charge in [-0.05, 0) is 24.0 Å². The Bertz CT molecular complexity index is 306. The molecular weight excluding hydrogens is 218 g/mol. The molecule has 0 saturated carbocycles. The fourth-order valence-electron chi connectivity index (χ4n) is 2.38. The van der Waals surface area contributed by atoms with Gasteiger partial charge < -0.3 is 5.73 Å². The lowest BCUT2D eigenvalue weighted by Gasteiger charge is -2.04. The Balaban J connectivity index is 2.03. The van der Waals surface area contributed by atoms with Crippen LogP contribution in [0.4, 0.5) is 0 Å². The van der Waals surface area contributed by atoms with E-state index in [0.29, 0.717) is 6.54 Å².